The summed E-state index contributed by atoms with van der Waals surface area (Å²) in [6.45, 7) is 0. The van der Waals surface area contributed by atoms with Crippen LogP contribution in [0.15, 0.2) is 48.9 Å². The first-order valence-corrected chi connectivity index (χ1v) is 7.48. The van der Waals surface area contributed by atoms with Gasteiger partial charge >= 0.3 is 12.0 Å². The Hall–Kier alpha value is -3.22. The lowest BCUT2D eigenvalue weighted by Crippen LogP contribution is -2.01. The number of hydrogen-bond donors (Lipinski definition) is 2. The van der Waals surface area contributed by atoms with Crippen LogP contribution in [0.2, 0.25) is 0 Å². The zero-order chi connectivity index (χ0) is 16.8. The number of benzene rings is 1. The van der Waals surface area contributed by atoms with Gasteiger partial charge in [-0.05, 0) is 23.8 Å². The predicted molar refractivity (Wildman–Crippen MR) is 85.9 cm³/mol. The minimum absolute atomic E-state index is 0.0257. The average Bonchev–Trinajstić information content (AvgIpc) is 3.08. The minimum atomic E-state index is -0.858. The number of aromatic amines is 1. The molecule has 0 bridgehead atoms. The van der Waals surface area contributed by atoms with Crippen molar-refractivity contribution in [1.82, 2.24) is 19.9 Å². The molecule has 0 atom stereocenters. The molecule has 2 heterocycles. The van der Waals surface area contributed by atoms with Gasteiger partial charge in [-0.15, -0.1) is 0 Å². The molecule has 3 aromatic rings. The number of ether oxygens (including phenoxy) is 1. The molecule has 24 heavy (non-hydrogen) atoms. The van der Waals surface area contributed by atoms with Gasteiger partial charge in [0.1, 0.15) is 11.6 Å². The summed E-state index contributed by atoms with van der Waals surface area (Å²) < 4.78 is 5.62. The summed E-state index contributed by atoms with van der Waals surface area (Å²) in [6.07, 6.45) is 6.16. The quantitative estimate of drug-likeness (QED) is 0.693. The van der Waals surface area contributed by atoms with Crippen molar-refractivity contribution in [3.63, 3.8) is 0 Å². The maximum atomic E-state index is 10.6. The highest BCUT2D eigenvalue weighted by Crippen LogP contribution is 2.19. The number of carboxylic acids is 1. The van der Waals surface area contributed by atoms with Gasteiger partial charge in [0.2, 0.25) is 0 Å². The lowest BCUT2D eigenvalue weighted by molar-refractivity contribution is -0.136. The van der Waals surface area contributed by atoms with Crippen LogP contribution < -0.4 is 4.74 Å². The van der Waals surface area contributed by atoms with Crippen molar-refractivity contribution in [2.75, 3.05) is 0 Å². The number of aromatic nitrogens is 4. The van der Waals surface area contributed by atoms with Crippen LogP contribution in [-0.2, 0) is 17.6 Å². The summed E-state index contributed by atoms with van der Waals surface area (Å²) in [5.74, 6) is 0.662. The van der Waals surface area contributed by atoms with E-state index in [-0.39, 0.29) is 12.4 Å². The third kappa shape index (κ3) is 4.39. The molecule has 0 aliphatic heterocycles. The fourth-order valence-corrected chi connectivity index (χ4v) is 2.17. The number of hydrogen-bond acceptors (Lipinski definition) is 5. The van der Waals surface area contributed by atoms with E-state index in [1.54, 1.807) is 24.7 Å². The van der Waals surface area contributed by atoms with Crippen molar-refractivity contribution >= 4 is 5.97 Å². The molecule has 0 fully saturated rings. The van der Waals surface area contributed by atoms with E-state index in [0.717, 1.165) is 11.4 Å². The van der Waals surface area contributed by atoms with Gasteiger partial charge in [-0.25, -0.2) is 9.97 Å². The van der Waals surface area contributed by atoms with E-state index in [1.807, 2.05) is 24.3 Å². The van der Waals surface area contributed by atoms with Gasteiger partial charge in [0.15, 0.2) is 0 Å². The Kier molecular flexibility index (Phi) is 4.81. The van der Waals surface area contributed by atoms with E-state index in [0.29, 0.717) is 24.3 Å². The van der Waals surface area contributed by atoms with Crippen LogP contribution in [-0.4, -0.2) is 31.0 Å². The maximum absolute atomic E-state index is 10.6. The first kappa shape index (κ1) is 15.7. The third-order valence-electron chi connectivity index (χ3n) is 3.35. The molecule has 0 saturated carbocycles. The van der Waals surface area contributed by atoms with E-state index in [1.165, 1.54) is 0 Å². The SMILES string of the molecule is O=C(O)CCc1ccnc(Oc2ccc(Cc3ncc[nH]3)cc2)n1. The molecule has 0 amide bonds. The molecule has 0 saturated heterocycles. The van der Waals surface area contributed by atoms with E-state index in [4.69, 9.17) is 9.84 Å². The molecule has 7 nitrogen and oxygen atoms in total. The Morgan fingerprint density at radius 3 is 2.67 bits per heavy atom. The van der Waals surface area contributed by atoms with Crippen LogP contribution in [0.3, 0.4) is 0 Å². The minimum Gasteiger partial charge on any atom is -0.481 e. The second-order valence-electron chi connectivity index (χ2n) is 5.18. The molecule has 2 N–H and O–H groups in total. The Labute approximate surface area is 138 Å². The first-order chi connectivity index (χ1) is 11.7. The fraction of sp³-hybridized carbons (Fsp3) is 0.176. The number of nitrogens with one attached hydrogen (secondary N) is 1. The molecule has 0 aliphatic carbocycles. The lowest BCUT2D eigenvalue weighted by atomic mass is 10.1. The number of H-pyrrole nitrogens is 1. The molecular formula is C17H16N4O3. The van der Waals surface area contributed by atoms with Crippen molar-refractivity contribution < 1.29 is 14.6 Å². The zero-order valence-corrected chi connectivity index (χ0v) is 12.8. The Morgan fingerprint density at radius 1 is 1.12 bits per heavy atom. The molecule has 0 radical (unpaired) electrons. The number of nitrogens with zero attached hydrogens (tertiary/aromatic N) is 3. The summed E-state index contributed by atoms with van der Waals surface area (Å²) in [4.78, 5) is 26.1. The summed E-state index contributed by atoms with van der Waals surface area (Å²) in [7, 11) is 0. The summed E-state index contributed by atoms with van der Waals surface area (Å²) >= 11 is 0. The van der Waals surface area contributed by atoms with E-state index in [9.17, 15) is 4.79 Å². The second-order valence-corrected chi connectivity index (χ2v) is 5.18. The van der Waals surface area contributed by atoms with Gasteiger partial charge in [-0.2, -0.15) is 4.98 Å². The molecule has 0 aliphatic rings. The van der Waals surface area contributed by atoms with Gasteiger partial charge < -0.3 is 14.8 Å². The number of carboxylic acid groups (broad SMARTS) is 1. The van der Waals surface area contributed by atoms with Crippen molar-refractivity contribution in [3.05, 3.63) is 66.0 Å². The highest BCUT2D eigenvalue weighted by atomic mass is 16.5. The van der Waals surface area contributed by atoms with E-state index < -0.39 is 5.97 Å². The molecule has 122 valence electrons. The van der Waals surface area contributed by atoms with Gasteiger partial charge in [0.05, 0.1) is 6.42 Å². The smallest absolute Gasteiger partial charge is 0.322 e. The maximum Gasteiger partial charge on any atom is 0.322 e. The Balaban J connectivity index is 1.63. The molecule has 7 heteroatoms. The number of rotatable bonds is 7. The van der Waals surface area contributed by atoms with Crippen molar-refractivity contribution in [2.45, 2.75) is 19.3 Å². The third-order valence-corrected chi connectivity index (χ3v) is 3.35. The van der Waals surface area contributed by atoms with Crippen molar-refractivity contribution in [3.8, 4) is 11.8 Å². The van der Waals surface area contributed by atoms with Gasteiger partial charge in [0, 0.05) is 37.1 Å². The largest absolute Gasteiger partial charge is 0.481 e. The lowest BCUT2D eigenvalue weighted by Gasteiger charge is -2.06. The van der Waals surface area contributed by atoms with Crippen LogP contribution >= 0.6 is 0 Å². The van der Waals surface area contributed by atoms with Crippen LogP contribution in [0, 0.1) is 0 Å². The number of aliphatic carboxylic acids is 1. The summed E-state index contributed by atoms with van der Waals surface area (Å²) in [6, 6.07) is 9.47. The molecular weight excluding hydrogens is 308 g/mol. The van der Waals surface area contributed by atoms with Gasteiger partial charge in [-0.3, -0.25) is 4.79 Å². The first-order valence-electron chi connectivity index (χ1n) is 7.48. The van der Waals surface area contributed by atoms with Crippen LogP contribution in [0.4, 0.5) is 0 Å². The average molecular weight is 324 g/mol. The Morgan fingerprint density at radius 2 is 1.96 bits per heavy atom. The predicted octanol–water partition coefficient (Wildman–Crippen LogP) is 2.60. The molecule has 0 unspecified atom stereocenters. The van der Waals surface area contributed by atoms with Crippen LogP contribution in [0.5, 0.6) is 11.8 Å². The van der Waals surface area contributed by atoms with Gasteiger partial charge in [0.25, 0.3) is 0 Å². The van der Waals surface area contributed by atoms with E-state index in [2.05, 4.69) is 19.9 Å². The van der Waals surface area contributed by atoms with E-state index >= 15 is 0 Å². The van der Waals surface area contributed by atoms with Crippen molar-refractivity contribution in [1.29, 1.82) is 0 Å². The second kappa shape index (κ2) is 7.36. The standard InChI is InChI=1S/C17H16N4O3/c22-16(23)6-3-13-7-8-20-17(21-13)24-14-4-1-12(2-5-14)11-15-18-9-10-19-15/h1-2,4-5,7-10H,3,6,11H2,(H,18,19)(H,22,23). The molecule has 2 aromatic heterocycles. The highest BCUT2D eigenvalue weighted by Gasteiger charge is 2.05. The summed E-state index contributed by atoms with van der Waals surface area (Å²) in [5.41, 5.74) is 1.74. The summed E-state index contributed by atoms with van der Waals surface area (Å²) in [5, 5.41) is 8.72. The Bertz CT molecular complexity index is 801. The highest BCUT2D eigenvalue weighted by molar-refractivity contribution is 5.66. The number of carbonyl (C=O) groups is 1. The van der Waals surface area contributed by atoms with Gasteiger partial charge in [-0.1, -0.05) is 12.1 Å². The number of imidazole rings is 1. The monoisotopic (exact) mass is 324 g/mol. The molecule has 0 spiro atoms. The number of aryl methyl sites for hydroxylation is 1. The van der Waals surface area contributed by atoms with Crippen LogP contribution in [0.25, 0.3) is 0 Å². The zero-order valence-electron chi connectivity index (χ0n) is 12.8. The normalized spacial score (nSPS) is 10.5. The molecule has 3 rings (SSSR count). The van der Waals surface area contributed by atoms with Crippen LogP contribution in [0.1, 0.15) is 23.5 Å². The van der Waals surface area contributed by atoms with Crippen molar-refractivity contribution in [2.24, 2.45) is 0 Å². The molecule has 1 aromatic carbocycles. The topological polar surface area (TPSA) is 101 Å². The fourth-order valence-electron chi connectivity index (χ4n) is 2.17.